The van der Waals surface area contributed by atoms with Gasteiger partial charge in [-0.2, -0.15) is 0 Å². The summed E-state index contributed by atoms with van der Waals surface area (Å²) in [6.07, 6.45) is 0.323. The second-order valence-electron chi connectivity index (χ2n) is 3.96. The lowest BCUT2D eigenvalue weighted by Crippen LogP contribution is -2.49. The molecular weight excluding hydrogens is 220 g/mol. The first kappa shape index (κ1) is 11.8. The lowest BCUT2D eigenvalue weighted by Gasteiger charge is -2.27. The normalized spacial score (nSPS) is 21.2. The van der Waals surface area contributed by atoms with Crippen LogP contribution in [0.5, 0.6) is 0 Å². The summed E-state index contributed by atoms with van der Waals surface area (Å²) < 4.78 is 0. The fraction of sp³-hybridized carbons (Fsp3) is 0.333. The van der Waals surface area contributed by atoms with Gasteiger partial charge in [-0.25, -0.2) is 4.79 Å². The molecule has 1 heterocycles. The number of ketones is 1. The largest absolute Gasteiger partial charge is 0.364 e. The highest BCUT2D eigenvalue weighted by atomic mass is 16.7. The average molecular weight is 234 g/mol. The zero-order valence-electron chi connectivity index (χ0n) is 9.33. The van der Waals surface area contributed by atoms with Crippen LogP contribution in [0, 0.1) is 0 Å². The number of piperidine rings is 1. The summed E-state index contributed by atoms with van der Waals surface area (Å²) in [7, 11) is 0. The van der Waals surface area contributed by atoms with E-state index in [4.69, 9.17) is 10.6 Å². The van der Waals surface area contributed by atoms with E-state index in [1.165, 1.54) is 5.06 Å². The van der Waals surface area contributed by atoms with Crippen molar-refractivity contribution in [3.63, 3.8) is 0 Å². The van der Waals surface area contributed by atoms with E-state index >= 15 is 0 Å². The van der Waals surface area contributed by atoms with Crippen LogP contribution >= 0.6 is 0 Å². The maximum Gasteiger partial charge on any atom is 0.357 e. The quantitative estimate of drug-likeness (QED) is 0.800. The molecule has 1 aliphatic heterocycles. The molecule has 1 unspecified atom stereocenters. The number of carbonyl (C=O) groups excluding carboxylic acids is 2. The fourth-order valence-corrected chi connectivity index (χ4v) is 1.66. The minimum Gasteiger partial charge on any atom is -0.364 e. The van der Waals surface area contributed by atoms with Gasteiger partial charge in [-0.3, -0.25) is 4.79 Å². The zero-order valence-corrected chi connectivity index (χ0v) is 9.33. The molecule has 0 aromatic heterocycles. The summed E-state index contributed by atoms with van der Waals surface area (Å²) in [5.74, 6) is -0.413. The van der Waals surface area contributed by atoms with Gasteiger partial charge in [0.1, 0.15) is 0 Å². The molecule has 1 atom stereocenters. The topological polar surface area (TPSA) is 72.6 Å². The molecular formula is C12H14N2O3. The molecule has 0 amide bonds. The van der Waals surface area contributed by atoms with Gasteiger partial charge in [-0.05, 0) is 12.1 Å². The first-order valence-electron chi connectivity index (χ1n) is 5.47. The predicted octanol–water partition coefficient (Wildman–Crippen LogP) is 0.360. The smallest absolute Gasteiger partial charge is 0.357 e. The number of Topliss-reactive ketones (excluding diaryl/α,β-unsaturated/α-hetero) is 1. The van der Waals surface area contributed by atoms with Crippen LogP contribution in [0.3, 0.4) is 0 Å². The summed E-state index contributed by atoms with van der Waals surface area (Å²) in [6, 6.07) is 8.15. The Balaban J connectivity index is 1.94. The summed E-state index contributed by atoms with van der Waals surface area (Å²) in [5.41, 5.74) is 6.08. The van der Waals surface area contributed by atoms with Crippen LogP contribution in [-0.4, -0.2) is 35.9 Å². The highest BCUT2D eigenvalue weighted by molar-refractivity contribution is 5.89. The van der Waals surface area contributed by atoms with Gasteiger partial charge in [-0.1, -0.05) is 18.2 Å². The van der Waals surface area contributed by atoms with Gasteiger partial charge in [-0.15, -0.1) is 5.06 Å². The molecule has 5 heteroatoms. The van der Waals surface area contributed by atoms with Crippen molar-refractivity contribution in [3.8, 4) is 0 Å². The monoisotopic (exact) mass is 234 g/mol. The molecule has 17 heavy (non-hydrogen) atoms. The molecule has 0 bridgehead atoms. The summed E-state index contributed by atoms with van der Waals surface area (Å²) in [5, 5.41) is 1.45. The Morgan fingerprint density at radius 3 is 2.71 bits per heavy atom. The Morgan fingerprint density at radius 1 is 1.35 bits per heavy atom. The van der Waals surface area contributed by atoms with Gasteiger partial charge in [0.05, 0.1) is 18.2 Å². The summed E-state index contributed by atoms with van der Waals surface area (Å²) >= 11 is 0. The minimum atomic E-state index is -0.563. The lowest BCUT2D eigenvalue weighted by atomic mass is 10.1. The third-order valence-corrected chi connectivity index (χ3v) is 2.64. The lowest BCUT2D eigenvalue weighted by molar-refractivity contribution is -0.145. The highest BCUT2D eigenvalue weighted by Crippen LogP contribution is 2.09. The molecule has 5 nitrogen and oxygen atoms in total. The SMILES string of the molecule is NC1CN(OC(=O)c2ccccc2)CCC1=O. The Labute approximate surface area is 99.1 Å². The molecule has 1 aliphatic rings. The Bertz CT molecular complexity index is 419. The highest BCUT2D eigenvalue weighted by Gasteiger charge is 2.26. The number of hydrogen-bond acceptors (Lipinski definition) is 5. The predicted molar refractivity (Wildman–Crippen MR) is 61.0 cm³/mol. The van der Waals surface area contributed by atoms with Crippen LogP contribution in [0.25, 0.3) is 0 Å². The van der Waals surface area contributed by atoms with Crippen LogP contribution in [0.2, 0.25) is 0 Å². The molecule has 0 radical (unpaired) electrons. The van der Waals surface area contributed by atoms with Gasteiger partial charge in [0.15, 0.2) is 5.78 Å². The van der Waals surface area contributed by atoms with Crippen LogP contribution in [0.4, 0.5) is 0 Å². The fourth-order valence-electron chi connectivity index (χ4n) is 1.66. The van der Waals surface area contributed by atoms with Crippen molar-refractivity contribution >= 4 is 11.8 Å². The maximum absolute atomic E-state index is 11.7. The Morgan fingerprint density at radius 2 is 2.06 bits per heavy atom. The van der Waals surface area contributed by atoms with E-state index in [1.807, 2.05) is 6.07 Å². The molecule has 1 aromatic carbocycles. The molecule has 90 valence electrons. The molecule has 1 saturated heterocycles. The zero-order chi connectivity index (χ0) is 12.3. The second-order valence-corrected chi connectivity index (χ2v) is 3.96. The van der Waals surface area contributed by atoms with Crippen molar-refractivity contribution in [2.75, 3.05) is 13.1 Å². The van der Waals surface area contributed by atoms with Crippen LogP contribution in [0.1, 0.15) is 16.8 Å². The van der Waals surface area contributed by atoms with E-state index in [-0.39, 0.29) is 12.3 Å². The molecule has 0 aliphatic carbocycles. The number of benzene rings is 1. The third-order valence-electron chi connectivity index (χ3n) is 2.64. The molecule has 2 rings (SSSR count). The van der Waals surface area contributed by atoms with Gasteiger partial charge in [0.25, 0.3) is 0 Å². The van der Waals surface area contributed by atoms with Gasteiger partial charge in [0.2, 0.25) is 0 Å². The molecule has 0 saturated carbocycles. The Hall–Kier alpha value is -1.72. The van der Waals surface area contributed by atoms with Crippen LogP contribution in [-0.2, 0) is 9.63 Å². The number of nitrogens with two attached hydrogens (primary N) is 1. The van der Waals surface area contributed by atoms with Crippen molar-refractivity contribution in [2.45, 2.75) is 12.5 Å². The Kier molecular flexibility index (Phi) is 3.51. The van der Waals surface area contributed by atoms with Crippen LogP contribution in [0.15, 0.2) is 30.3 Å². The van der Waals surface area contributed by atoms with Crippen molar-refractivity contribution in [1.29, 1.82) is 0 Å². The number of rotatable bonds is 2. The van der Waals surface area contributed by atoms with E-state index in [2.05, 4.69) is 0 Å². The number of carbonyl (C=O) groups is 2. The molecule has 2 N–H and O–H groups in total. The molecule has 0 spiro atoms. The second kappa shape index (κ2) is 5.07. The van der Waals surface area contributed by atoms with E-state index < -0.39 is 12.0 Å². The van der Waals surface area contributed by atoms with E-state index in [0.717, 1.165) is 0 Å². The van der Waals surface area contributed by atoms with Gasteiger partial charge < -0.3 is 10.6 Å². The van der Waals surface area contributed by atoms with Gasteiger partial charge >= 0.3 is 5.97 Å². The third kappa shape index (κ3) is 2.89. The summed E-state index contributed by atoms with van der Waals surface area (Å²) in [4.78, 5) is 28.1. The van der Waals surface area contributed by atoms with Crippen molar-refractivity contribution in [2.24, 2.45) is 5.73 Å². The number of nitrogens with zero attached hydrogens (tertiary/aromatic N) is 1. The first-order chi connectivity index (χ1) is 8.16. The van der Waals surface area contributed by atoms with Crippen molar-refractivity contribution < 1.29 is 14.4 Å². The maximum atomic E-state index is 11.7. The van der Waals surface area contributed by atoms with Crippen molar-refractivity contribution in [1.82, 2.24) is 5.06 Å². The first-order valence-corrected chi connectivity index (χ1v) is 5.47. The number of hydroxylamine groups is 2. The van der Waals surface area contributed by atoms with E-state index in [9.17, 15) is 9.59 Å². The summed E-state index contributed by atoms with van der Waals surface area (Å²) in [6.45, 7) is 0.669. The minimum absolute atomic E-state index is 0.0111. The van der Waals surface area contributed by atoms with Crippen LogP contribution < -0.4 is 5.73 Å². The van der Waals surface area contributed by atoms with E-state index in [1.54, 1.807) is 24.3 Å². The average Bonchev–Trinajstić information content (AvgIpc) is 2.35. The molecule has 1 aromatic rings. The molecule has 1 fully saturated rings. The van der Waals surface area contributed by atoms with Crippen molar-refractivity contribution in [3.05, 3.63) is 35.9 Å². The number of hydrogen-bond donors (Lipinski definition) is 1. The van der Waals surface area contributed by atoms with E-state index in [0.29, 0.717) is 18.5 Å². The van der Waals surface area contributed by atoms with Gasteiger partial charge in [0, 0.05) is 13.0 Å². The standard InChI is InChI=1S/C12H14N2O3/c13-10-8-14(7-6-11(10)15)17-12(16)9-4-2-1-3-5-9/h1-5,10H,6-8,13H2.